The molecule has 5 atom stereocenters. The molecule has 1 aliphatic carbocycles. The number of aliphatic hydroxyl groups excluding tert-OH is 2. The second kappa shape index (κ2) is 1.53. The molecule has 1 aliphatic heterocycles. The molecule has 1 saturated carbocycles. The Morgan fingerprint density at radius 2 is 2.00 bits per heavy atom. The molecule has 5 unspecified atom stereocenters. The molecule has 58 valence electrons. The summed E-state index contributed by atoms with van der Waals surface area (Å²) in [7, 11) is 0. The Morgan fingerprint density at radius 1 is 1.40 bits per heavy atom. The predicted octanol–water partition coefficient (Wildman–Crippen LogP) is -1.55. The van der Waals surface area contributed by atoms with Gasteiger partial charge in [0.05, 0.1) is 18.1 Å². The van der Waals surface area contributed by atoms with Gasteiger partial charge in [-0.3, -0.25) is 0 Å². The minimum Gasteiger partial charge on any atom is -0.390 e. The maximum Gasteiger partial charge on any atom is 0.202 e. The van der Waals surface area contributed by atoms with Crippen LogP contribution in [0.2, 0.25) is 0 Å². The number of fused-ring (bicyclic) bond motifs is 1. The maximum absolute atomic E-state index is 9.25. The first-order chi connectivity index (χ1) is 4.57. The zero-order chi connectivity index (χ0) is 7.52. The Labute approximate surface area is 58.0 Å². The van der Waals surface area contributed by atoms with Crippen LogP contribution >= 0.6 is 0 Å². The summed E-state index contributed by atoms with van der Waals surface area (Å²) in [5.74, 6) is -1.72. The summed E-state index contributed by atoms with van der Waals surface area (Å²) in [5.41, 5.74) is 0. The van der Waals surface area contributed by atoms with E-state index in [4.69, 9.17) is 14.9 Å². The molecule has 1 saturated heterocycles. The highest BCUT2D eigenvalue weighted by molar-refractivity contribution is 5.13. The first-order valence-electron chi connectivity index (χ1n) is 3.33. The van der Waals surface area contributed by atoms with E-state index in [9.17, 15) is 5.11 Å². The van der Waals surface area contributed by atoms with Crippen LogP contribution in [0, 0.1) is 5.92 Å². The van der Waals surface area contributed by atoms with E-state index in [1.54, 1.807) is 6.92 Å². The summed E-state index contributed by atoms with van der Waals surface area (Å²) >= 11 is 0. The normalized spacial score (nSPS) is 66.0. The van der Waals surface area contributed by atoms with E-state index in [2.05, 4.69) is 0 Å². The average molecular weight is 146 g/mol. The molecule has 2 aliphatic rings. The molecule has 0 aromatic carbocycles. The Balaban J connectivity index is 2.14. The number of rotatable bonds is 0. The van der Waals surface area contributed by atoms with E-state index in [0.29, 0.717) is 0 Å². The zero-order valence-electron chi connectivity index (χ0n) is 5.56. The van der Waals surface area contributed by atoms with Crippen molar-refractivity contribution >= 4 is 0 Å². The van der Waals surface area contributed by atoms with Crippen molar-refractivity contribution in [3.8, 4) is 0 Å². The molecule has 3 N–H and O–H groups in total. The summed E-state index contributed by atoms with van der Waals surface area (Å²) in [5, 5.41) is 27.3. The average Bonchev–Trinajstić information content (AvgIpc) is 1.85. The van der Waals surface area contributed by atoms with Gasteiger partial charge in [0.1, 0.15) is 6.10 Å². The van der Waals surface area contributed by atoms with E-state index < -0.39 is 18.0 Å². The highest BCUT2D eigenvalue weighted by Crippen LogP contribution is 2.52. The van der Waals surface area contributed by atoms with Gasteiger partial charge in [0.25, 0.3) is 0 Å². The van der Waals surface area contributed by atoms with Gasteiger partial charge in [-0.2, -0.15) is 0 Å². The molecule has 0 bridgehead atoms. The number of aliphatic hydroxyl groups is 3. The molecule has 2 fully saturated rings. The minimum absolute atomic E-state index is 0.136. The smallest absolute Gasteiger partial charge is 0.202 e. The molecule has 0 aromatic rings. The monoisotopic (exact) mass is 146 g/mol. The van der Waals surface area contributed by atoms with Gasteiger partial charge >= 0.3 is 0 Å². The lowest BCUT2D eigenvalue weighted by molar-refractivity contribution is -0.476. The Kier molecular flexibility index (Phi) is 1.00. The van der Waals surface area contributed by atoms with Crippen LogP contribution in [-0.2, 0) is 4.74 Å². The SMILES string of the molecule is CC1OC2(O)C(O)C(O)C12. The molecule has 0 aromatic heterocycles. The van der Waals surface area contributed by atoms with Crippen molar-refractivity contribution in [3.63, 3.8) is 0 Å². The van der Waals surface area contributed by atoms with Crippen molar-refractivity contribution < 1.29 is 20.1 Å². The maximum atomic E-state index is 9.25. The number of hydrogen-bond donors (Lipinski definition) is 3. The number of ether oxygens (including phenoxy) is 1. The van der Waals surface area contributed by atoms with Crippen LogP contribution in [-0.4, -0.2) is 39.4 Å². The quantitative estimate of drug-likeness (QED) is 0.387. The summed E-state index contributed by atoms with van der Waals surface area (Å²) in [6.45, 7) is 1.76. The van der Waals surface area contributed by atoms with Crippen molar-refractivity contribution in [1.82, 2.24) is 0 Å². The van der Waals surface area contributed by atoms with E-state index in [1.165, 1.54) is 0 Å². The molecule has 1 heterocycles. The van der Waals surface area contributed by atoms with Gasteiger partial charge in [0.2, 0.25) is 5.79 Å². The molecule has 0 radical (unpaired) electrons. The lowest BCUT2D eigenvalue weighted by atomic mass is 9.65. The van der Waals surface area contributed by atoms with Gasteiger partial charge in [-0.05, 0) is 6.92 Å². The summed E-state index contributed by atoms with van der Waals surface area (Å²) < 4.78 is 4.85. The van der Waals surface area contributed by atoms with Gasteiger partial charge in [0.15, 0.2) is 0 Å². The highest BCUT2D eigenvalue weighted by Gasteiger charge is 2.71. The van der Waals surface area contributed by atoms with Crippen LogP contribution in [0.25, 0.3) is 0 Å². The fourth-order valence-corrected chi connectivity index (χ4v) is 1.83. The fraction of sp³-hybridized carbons (Fsp3) is 1.00. The second-order valence-corrected chi connectivity index (χ2v) is 3.04. The topological polar surface area (TPSA) is 69.9 Å². The van der Waals surface area contributed by atoms with Crippen LogP contribution in [0.4, 0.5) is 0 Å². The summed E-state index contributed by atoms with van der Waals surface area (Å²) in [6.07, 6.45) is -2.06. The molecule has 0 amide bonds. The van der Waals surface area contributed by atoms with Crippen molar-refractivity contribution in [1.29, 1.82) is 0 Å². The molecule has 4 nitrogen and oxygen atoms in total. The van der Waals surface area contributed by atoms with Crippen LogP contribution in [0.3, 0.4) is 0 Å². The van der Waals surface area contributed by atoms with Crippen molar-refractivity contribution in [2.45, 2.75) is 31.0 Å². The first kappa shape index (κ1) is 6.54. The second-order valence-electron chi connectivity index (χ2n) is 3.04. The lowest BCUT2D eigenvalue weighted by Gasteiger charge is -2.63. The Hall–Kier alpha value is -0.160. The first-order valence-corrected chi connectivity index (χ1v) is 3.33. The van der Waals surface area contributed by atoms with E-state index in [1.807, 2.05) is 0 Å². The minimum atomic E-state index is -1.43. The number of hydrogen-bond acceptors (Lipinski definition) is 4. The van der Waals surface area contributed by atoms with Crippen LogP contribution < -0.4 is 0 Å². The van der Waals surface area contributed by atoms with E-state index in [0.717, 1.165) is 0 Å². The van der Waals surface area contributed by atoms with Crippen molar-refractivity contribution in [2.75, 3.05) is 0 Å². The molecular weight excluding hydrogens is 136 g/mol. The highest BCUT2D eigenvalue weighted by atomic mass is 16.7. The zero-order valence-corrected chi connectivity index (χ0v) is 5.56. The molecule has 10 heavy (non-hydrogen) atoms. The molecule has 0 spiro atoms. The Morgan fingerprint density at radius 3 is 2.30 bits per heavy atom. The van der Waals surface area contributed by atoms with Gasteiger partial charge in [0, 0.05) is 0 Å². The van der Waals surface area contributed by atoms with E-state index in [-0.39, 0.29) is 12.0 Å². The predicted molar refractivity (Wildman–Crippen MR) is 31.0 cm³/mol. The molecule has 4 heteroatoms. The third-order valence-electron chi connectivity index (χ3n) is 2.47. The van der Waals surface area contributed by atoms with Gasteiger partial charge < -0.3 is 20.1 Å². The van der Waals surface area contributed by atoms with Crippen molar-refractivity contribution in [2.24, 2.45) is 5.92 Å². The third-order valence-corrected chi connectivity index (χ3v) is 2.47. The van der Waals surface area contributed by atoms with Crippen LogP contribution in [0.15, 0.2) is 0 Å². The van der Waals surface area contributed by atoms with Crippen LogP contribution in [0.1, 0.15) is 6.92 Å². The summed E-state index contributed by atoms with van der Waals surface area (Å²) in [6, 6.07) is 0. The largest absolute Gasteiger partial charge is 0.390 e. The fourth-order valence-electron chi connectivity index (χ4n) is 1.83. The van der Waals surface area contributed by atoms with Gasteiger partial charge in [-0.15, -0.1) is 0 Å². The van der Waals surface area contributed by atoms with Crippen LogP contribution in [0.5, 0.6) is 0 Å². The standard InChI is InChI=1S/C6H10O4/c1-2-3-4(7)5(8)6(3,9)10-2/h2-5,7-9H,1H3. The molecular formula is C6H10O4. The van der Waals surface area contributed by atoms with Gasteiger partial charge in [-0.1, -0.05) is 0 Å². The lowest BCUT2D eigenvalue weighted by Crippen LogP contribution is -2.81. The van der Waals surface area contributed by atoms with Gasteiger partial charge in [-0.25, -0.2) is 0 Å². The Bertz CT molecular complexity index is 171. The summed E-state index contributed by atoms with van der Waals surface area (Å²) in [4.78, 5) is 0. The van der Waals surface area contributed by atoms with E-state index >= 15 is 0 Å². The third kappa shape index (κ3) is 0.441. The van der Waals surface area contributed by atoms with Crippen molar-refractivity contribution in [3.05, 3.63) is 0 Å². The molecule has 2 rings (SSSR count).